The molecule has 0 unspecified atom stereocenters. The molecule has 0 aliphatic carbocycles. The molecule has 0 spiro atoms. The molecule has 2 aromatic heterocycles. The zero-order chi connectivity index (χ0) is 18.1. The molecule has 4 rings (SSSR count). The molecule has 0 fully saturated rings. The average molecular weight is 387 g/mol. The number of rotatable bonds is 4. The number of pyridine rings is 1. The van der Waals surface area contributed by atoms with E-state index in [-0.39, 0.29) is 12.5 Å². The molecule has 0 radical (unpaired) electrons. The number of carbonyl (C=O) groups is 1. The molecule has 0 saturated carbocycles. The summed E-state index contributed by atoms with van der Waals surface area (Å²) in [6.45, 7) is 0.0306. The fourth-order valence-electron chi connectivity index (χ4n) is 2.68. The molecule has 2 aromatic carbocycles. The summed E-state index contributed by atoms with van der Waals surface area (Å²) in [4.78, 5) is 21.5. The number of carbonyl (C=O) groups excluding carboxylic acids is 1. The molecule has 0 atom stereocenters. The third-order valence-electron chi connectivity index (χ3n) is 3.97. The number of hydrogen-bond donors (Lipinski definition) is 1. The van der Waals surface area contributed by atoms with E-state index in [2.05, 4.69) is 10.5 Å². The number of para-hydroxylation sites is 1. The van der Waals surface area contributed by atoms with Gasteiger partial charge in [-0.2, -0.15) is 0 Å². The molecular weight excluding hydrogens is 375 g/mol. The van der Waals surface area contributed by atoms with Crippen molar-refractivity contribution in [3.05, 3.63) is 76.0 Å². The van der Waals surface area contributed by atoms with Gasteiger partial charge in [0.15, 0.2) is 0 Å². The SMILES string of the molecule is O=C(NOCc1c(Cl)cncc1Cl)c1ccc2oc3ccccc3c2c1. The molecule has 0 bridgehead atoms. The lowest BCUT2D eigenvalue weighted by Gasteiger charge is -2.08. The van der Waals surface area contributed by atoms with Crippen LogP contribution in [-0.4, -0.2) is 10.9 Å². The zero-order valence-electron chi connectivity index (χ0n) is 13.3. The predicted octanol–water partition coefficient (Wildman–Crippen LogP) is 5.15. The lowest BCUT2D eigenvalue weighted by Crippen LogP contribution is -2.23. The minimum atomic E-state index is -0.376. The van der Waals surface area contributed by atoms with Gasteiger partial charge < -0.3 is 4.42 Å². The number of benzene rings is 2. The van der Waals surface area contributed by atoms with E-state index in [4.69, 9.17) is 32.5 Å². The number of furan rings is 1. The molecular formula is C19H12Cl2N2O3. The van der Waals surface area contributed by atoms with Crippen LogP contribution in [0, 0.1) is 0 Å². The van der Waals surface area contributed by atoms with Crippen LogP contribution >= 0.6 is 23.2 Å². The lowest BCUT2D eigenvalue weighted by molar-refractivity contribution is 0.0234. The number of fused-ring (bicyclic) bond motifs is 3. The van der Waals surface area contributed by atoms with Crippen molar-refractivity contribution in [1.29, 1.82) is 0 Å². The van der Waals surface area contributed by atoms with Gasteiger partial charge in [0.1, 0.15) is 17.8 Å². The molecule has 1 amide bonds. The van der Waals surface area contributed by atoms with Crippen LogP contribution in [0.25, 0.3) is 21.9 Å². The van der Waals surface area contributed by atoms with Crippen LogP contribution in [0.2, 0.25) is 10.0 Å². The van der Waals surface area contributed by atoms with Crippen molar-refractivity contribution in [2.24, 2.45) is 0 Å². The highest BCUT2D eigenvalue weighted by Gasteiger charge is 2.12. The van der Waals surface area contributed by atoms with Crippen molar-refractivity contribution < 1.29 is 14.0 Å². The normalized spacial score (nSPS) is 11.2. The summed E-state index contributed by atoms with van der Waals surface area (Å²) < 4.78 is 5.75. The summed E-state index contributed by atoms with van der Waals surface area (Å²) in [5.74, 6) is -0.376. The topological polar surface area (TPSA) is 64.4 Å². The Labute approximate surface area is 158 Å². The summed E-state index contributed by atoms with van der Waals surface area (Å²) >= 11 is 12.0. The van der Waals surface area contributed by atoms with Gasteiger partial charge in [0.05, 0.1) is 10.0 Å². The van der Waals surface area contributed by atoms with Crippen LogP contribution in [0.5, 0.6) is 0 Å². The quantitative estimate of drug-likeness (QED) is 0.492. The maximum Gasteiger partial charge on any atom is 0.274 e. The summed E-state index contributed by atoms with van der Waals surface area (Å²) in [6.07, 6.45) is 2.93. The van der Waals surface area contributed by atoms with E-state index < -0.39 is 0 Å². The second-order valence-corrected chi connectivity index (χ2v) is 6.43. The second kappa shape index (κ2) is 6.96. The van der Waals surface area contributed by atoms with Gasteiger partial charge in [-0.05, 0) is 24.3 Å². The Hall–Kier alpha value is -2.60. The highest BCUT2D eigenvalue weighted by atomic mass is 35.5. The molecule has 130 valence electrons. The third-order valence-corrected chi connectivity index (χ3v) is 4.62. The van der Waals surface area contributed by atoms with Gasteiger partial charge in [-0.25, -0.2) is 5.48 Å². The van der Waals surface area contributed by atoms with Crippen LogP contribution in [-0.2, 0) is 11.4 Å². The molecule has 4 aromatic rings. The van der Waals surface area contributed by atoms with Crippen molar-refractivity contribution in [1.82, 2.24) is 10.5 Å². The Morgan fingerprint density at radius 1 is 1.04 bits per heavy atom. The third kappa shape index (κ3) is 3.12. The molecule has 0 aliphatic heterocycles. The molecule has 7 heteroatoms. The fourth-order valence-corrected chi connectivity index (χ4v) is 3.15. The monoisotopic (exact) mass is 386 g/mol. The summed E-state index contributed by atoms with van der Waals surface area (Å²) in [5.41, 5.74) is 4.91. The van der Waals surface area contributed by atoms with Crippen LogP contribution in [0.3, 0.4) is 0 Å². The van der Waals surface area contributed by atoms with E-state index in [0.29, 0.717) is 21.2 Å². The minimum Gasteiger partial charge on any atom is -0.456 e. The maximum absolute atomic E-state index is 12.4. The van der Waals surface area contributed by atoms with Gasteiger partial charge in [0.2, 0.25) is 0 Å². The largest absolute Gasteiger partial charge is 0.456 e. The number of nitrogens with one attached hydrogen (secondary N) is 1. The van der Waals surface area contributed by atoms with Crippen LogP contribution in [0.1, 0.15) is 15.9 Å². The van der Waals surface area contributed by atoms with E-state index in [9.17, 15) is 4.79 Å². The first-order chi connectivity index (χ1) is 12.6. The number of aromatic nitrogens is 1. The van der Waals surface area contributed by atoms with Gasteiger partial charge in [0, 0.05) is 34.3 Å². The molecule has 0 aliphatic rings. The van der Waals surface area contributed by atoms with Crippen molar-refractivity contribution in [2.45, 2.75) is 6.61 Å². The highest BCUT2D eigenvalue weighted by molar-refractivity contribution is 6.35. The zero-order valence-corrected chi connectivity index (χ0v) is 14.8. The number of hydrogen-bond acceptors (Lipinski definition) is 4. The minimum absolute atomic E-state index is 0.0306. The highest BCUT2D eigenvalue weighted by Crippen LogP contribution is 2.29. The van der Waals surface area contributed by atoms with Gasteiger partial charge in [-0.1, -0.05) is 41.4 Å². The molecule has 26 heavy (non-hydrogen) atoms. The van der Waals surface area contributed by atoms with Crippen molar-refractivity contribution in [2.75, 3.05) is 0 Å². The molecule has 0 saturated heterocycles. The number of hydroxylamine groups is 1. The summed E-state index contributed by atoms with van der Waals surface area (Å²) in [7, 11) is 0. The number of halogens is 2. The molecule has 2 heterocycles. The van der Waals surface area contributed by atoms with E-state index in [1.807, 2.05) is 24.3 Å². The van der Waals surface area contributed by atoms with Crippen LogP contribution in [0.15, 0.2) is 59.3 Å². The van der Waals surface area contributed by atoms with Crippen molar-refractivity contribution in [3.63, 3.8) is 0 Å². The second-order valence-electron chi connectivity index (χ2n) is 5.61. The van der Waals surface area contributed by atoms with E-state index >= 15 is 0 Å². The van der Waals surface area contributed by atoms with Crippen molar-refractivity contribution >= 4 is 51.0 Å². The Balaban J connectivity index is 1.52. The Kier molecular flexibility index (Phi) is 4.51. The average Bonchev–Trinajstić information content (AvgIpc) is 3.02. The van der Waals surface area contributed by atoms with Crippen molar-refractivity contribution in [3.8, 4) is 0 Å². The first-order valence-corrected chi connectivity index (χ1v) is 8.50. The lowest BCUT2D eigenvalue weighted by atomic mass is 10.1. The Bertz CT molecular complexity index is 1100. The Morgan fingerprint density at radius 3 is 2.58 bits per heavy atom. The standard InChI is InChI=1S/C19H12Cl2N2O3/c20-15-8-22-9-16(21)14(15)10-25-23-19(24)11-5-6-18-13(7-11)12-3-1-2-4-17(12)26-18/h1-9H,10H2,(H,23,24). The van der Waals surface area contributed by atoms with E-state index in [0.717, 1.165) is 21.9 Å². The molecule has 5 nitrogen and oxygen atoms in total. The predicted molar refractivity (Wildman–Crippen MR) is 100 cm³/mol. The number of amides is 1. The van der Waals surface area contributed by atoms with Gasteiger partial charge in [0.25, 0.3) is 5.91 Å². The smallest absolute Gasteiger partial charge is 0.274 e. The van der Waals surface area contributed by atoms with Gasteiger partial charge >= 0.3 is 0 Å². The van der Waals surface area contributed by atoms with Gasteiger partial charge in [-0.15, -0.1) is 0 Å². The van der Waals surface area contributed by atoms with E-state index in [1.54, 1.807) is 18.2 Å². The first-order valence-electron chi connectivity index (χ1n) is 7.75. The first kappa shape index (κ1) is 16.8. The maximum atomic E-state index is 12.4. The number of nitrogens with zero attached hydrogens (tertiary/aromatic N) is 1. The van der Waals surface area contributed by atoms with Gasteiger partial charge in [-0.3, -0.25) is 14.6 Å². The Morgan fingerprint density at radius 2 is 1.77 bits per heavy atom. The fraction of sp³-hybridized carbons (Fsp3) is 0.0526. The van der Waals surface area contributed by atoms with Crippen LogP contribution in [0.4, 0.5) is 0 Å². The van der Waals surface area contributed by atoms with Crippen LogP contribution < -0.4 is 5.48 Å². The summed E-state index contributed by atoms with van der Waals surface area (Å²) in [5, 5.41) is 2.57. The summed E-state index contributed by atoms with van der Waals surface area (Å²) in [6, 6.07) is 12.9. The molecule has 1 N–H and O–H groups in total. The van der Waals surface area contributed by atoms with E-state index in [1.165, 1.54) is 12.4 Å².